The third kappa shape index (κ3) is 2.35. The van der Waals surface area contributed by atoms with Crippen LogP contribution < -0.4 is 10.6 Å². The van der Waals surface area contributed by atoms with Crippen molar-refractivity contribution in [2.45, 2.75) is 6.92 Å². The summed E-state index contributed by atoms with van der Waals surface area (Å²) in [6, 6.07) is 24.7. The van der Waals surface area contributed by atoms with Crippen LogP contribution in [0, 0.1) is 22.7 Å². The highest BCUT2D eigenvalue weighted by molar-refractivity contribution is 7.93. The molecule has 0 aliphatic carbocycles. The molecule has 23 heavy (non-hydrogen) atoms. The van der Waals surface area contributed by atoms with Crippen molar-refractivity contribution in [3.05, 3.63) is 83.7 Å². The SMILES string of the molecule is CC1=CC(C#N)=P(c2ccccc2)(c2ccccc2)C(C#N)=C1. The second kappa shape index (κ2) is 6.13. The van der Waals surface area contributed by atoms with Gasteiger partial charge >= 0.3 is 0 Å². The average molecular weight is 314 g/mol. The van der Waals surface area contributed by atoms with Crippen molar-refractivity contribution in [2.75, 3.05) is 0 Å². The Kier molecular flexibility index (Phi) is 4.03. The molecule has 0 bridgehead atoms. The fraction of sp³-hybridized carbons (Fsp3) is 0.0500. The number of hydrogen-bond donors (Lipinski definition) is 0. The van der Waals surface area contributed by atoms with Gasteiger partial charge in [-0.15, -0.1) is 0 Å². The second-order valence-electron chi connectivity index (χ2n) is 5.37. The van der Waals surface area contributed by atoms with Crippen LogP contribution in [0.25, 0.3) is 0 Å². The molecule has 0 atom stereocenters. The van der Waals surface area contributed by atoms with Gasteiger partial charge < -0.3 is 0 Å². The monoisotopic (exact) mass is 314 g/mol. The van der Waals surface area contributed by atoms with E-state index in [9.17, 15) is 10.5 Å². The molecule has 0 saturated carbocycles. The lowest BCUT2D eigenvalue weighted by molar-refractivity contribution is 1.48. The van der Waals surface area contributed by atoms with E-state index in [1.165, 1.54) is 0 Å². The average Bonchev–Trinajstić information content (AvgIpc) is 2.62. The Morgan fingerprint density at radius 1 is 0.739 bits per heavy atom. The molecule has 0 aromatic heterocycles. The van der Waals surface area contributed by atoms with Crippen LogP contribution in [0.1, 0.15) is 6.92 Å². The third-order valence-corrected chi connectivity index (χ3v) is 8.02. The lowest BCUT2D eigenvalue weighted by Gasteiger charge is -2.30. The van der Waals surface area contributed by atoms with Crippen LogP contribution in [0.15, 0.2) is 83.7 Å². The molecule has 1 aliphatic heterocycles. The van der Waals surface area contributed by atoms with Crippen molar-refractivity contribution in [1.29, 1.82) is 10.5 Å². The first-order valence-electron chi connectivity index (χ1n) is 7.32. The molecule has 0 saturated heterocycles. The van der Waals surface area contributed by atoms with E-state index in [4.69, 9.17) is 0 Å². The number of nitriles is 2. The number of hydrogen-bond acceptors (Lipinski definition) is 2. The first kappa shape index (κ1) is 15.1. The number of benzene rings is 2. The maximum atomic E-state index is 9.84. The lowest BCUT2D eigenvalue weighted by Crippen LogP contribution is -2.24. The maximum Gasteiger partial charge on any atom is 0.100 e. The molecule has 110 valence electrons. The summed E-state index contributed by atoms with van der Waals surface area (Å²) in [4.78, 5) is 0. The van der Waals surface area contributed by atoms with Crippen LogP contribution in [0.2, 0.25) is 0 Å². The van der Waals surface area contributed by atoms with Gasteiger partial charge in [-0.1, -0.05) is 60.7 Å². The minimum absolute atomic E-state index is 0.687. The third-order valence-electron chi connectivity index (χ3n) is 3.97. The molecular weight excluding hydrogens is 299 g/mol. The highest BCUT2D eigenvalue weighted by Crippen LogP contribution is 2.56. The van der Waals surface area contributed by atoms with E-state index in [0.29, 0.717) is 10.6 Å². The van der Waals surface area contributed by atoms with E-state index in [1.807, 2.05) is 79.7 Å². The first-order valence-corrected chi connectivity index (χ1v) is 9.11. The van der Waals surface area contributed by atoms with Gasteiger partial charge in [-0.05, 0) is 35.3 Å². The molecule has 1 heterocycles. The normalized spacial score (nSPS) is 15.9. The van der Waals surface area contributed by atoms with E-state index in [1.54, 1.807) is 0 Å². The predicted octanol–water partition coefficient (Wildman–Crippen LogP) is 3.72. The Morgan fingerprint density at radius 2 is 1.26 bits per heavy atom. The Bertz CT molecular complexity index is 893. The Morgan fingerprint density at radius 3 is 1.70 bits per heavy atom. The highest BCUT2D eigenvalue weighted by atomic mass is 31.2. The number of allylic oxidation sites excluding steroid dienone is 4. The van der Waals surface area contributed by atoms with E-state index >= 15 is 0 Å². The summed E-state index contributed by atoms with van der Waals surface area (Å²) >= 11 is 0. The Hall–Kier alpha value is -2.80. The zero-order valence-corrected chi connectivity index (χ0v) is 13.7. The molecule has 2 nitrogen and oxygen atoms in total. The van der Waals surface area contributed by atoms with Gasteiger partial charge in [0, 0.05) is 6.89 Å². The zero-order valence-electron chi connectivity index (χ0n) is 12.8. The lowest BCUT2D eigenvalue weighted by atomic mass is 10.2. The molecular formula is C20H15N2P. The largest absolute Gasteiger partial charge is 0.192 e. The summed E-state index contributed by atoms with van der Waals surface area (Å²) in [6.07, 6.45) is 3.85. The molecule has 3 rings (SSSR count). The summed E-state index contributed by atoms with van der Waals surface area (Å²) in [6.45, 7) is -0.444. The molecule has 0 spiro atoms. The maximum absolute atomic E-state index is 9.84. The molecule has 0 radical (unpaired) electrons. The van der Waals surface area contributed by atoms with Crippen LogP contribution in [-0.2, 0) is 0 Å². The van der Waals surface area contributed by atoms with Gasteiger partial charge in [0.25, 0.3) is 0 Å². The number of rotatable bonds is 2. The summed E-state index contributed by atoms with van der Waals surface area (Å²) in [5.41, 5.74) is 0.945. The molecule has 0 N–H and O–H groups in total. The van der Waals surface area contributed by atoms with Gasteiger partial charge in [-0.2, -0.15) is 10.5 Å². The minimum Gasteiger partial charge on any atom is -0.192 e. The molecule has 0 amide bonds. The Labute approximate surface area is 136 Å². The summed E-state index contributed by atoms with van der Waals surface area (Å²) in [5, 5.41) is 23.1. The summed E-state index contributed by atoms with van der Waals surface area (Å²) in [5.74, 6) is 0. The van der Waals surface area contributed by atoms with Gasteiger partial charge in [-0.25, -0.2) is 0 Å². The van der Waals surface area contributed by atoms with Crippen molar-refractivity contribution in [3.8, 4) is 12.1 Å². The standard InChI is InChI=1S/C20H15N2P/c1-16-12-19(14-21)23(20(13-16)15-22,17-8-4-2-5-9-17)18-10-6-3-7-11-18/h2-13H,1H3. The summed E-state index contributed by atoms with van der Waals surface area (Å²) < 4.78 is 0. The first-order chi connectivity index (χ1) is 11.2. The van der Waals surface area contributed by atoms with E-state index in [-0.39, 0.29) is 0 Å². The number of nitrogens with zero attached hydrogens (tertiary/aromatic N) is 2. The van der Waals surface area contributed by atoms with Crippen molar-refractivity contribution < 1.29 is 0 Å². The molecule has 2 aromatic carbocycles. The van der Waals surface area contributed by atoms with Crippen LogP contribution in [0.3, 0.4) is 0 Å². The molecule has 3 heteroatoms. The fourth-order valence-electron chi connectivity index (χ4n) is 3.02. The van der Waals surface area contributed by atoms with Gasteiger partial charge in [0.05, 0.1) is 10.6 Å². The topological polar surface area (TPSA) is 47.6 Å². The van der Waals surface area contributed by atoms with Crippen LogP contribution in [0.4, 0.5) is 0 Å². The van der Waals surface area contributed by atoms with Crippen molar-refractivity contribution in [2.24, 2.45) is 0 Å². The summed E-state index contributed by atoms with van der Waals surface area (Å²) in [7, 11) is 0. The zero-order chi connectivity index (χ0) is 16.3. The molecule has 2 aromatic rings. The smallest absolute Gasteiger partial charge is 0.100 e. The van der Waals surface area contributed by atoms with Crippen molar-refractivity contribution in [1.82, 2.24) is 0 Å². The Balaban J connectivity index is 2.55. The van der Waals surface area contributed by atoms with Crippen molar-refractivity contribution in [3.63, 3.8) is 0 Å². The van der Waals surface area contributed by atoms with Crippen LogP contribution >= 0.6 is 6.89 Å². The molecule has 1 aliphatic rings. The van der Waals surface area contributed by atoms with Gasteiger partial charge in [0.15, 0.2) is 0 Å². The van der Waals surface area contributed by atoms with Gasteiger partial charge in [-0.3, -0.25) is 0 Å². The van der Waals surface area contributed by atoms with E-state index in [0.717, 1.165) is 16.2 Å². The quantitative estimate of drug-likeness (QED) is 0.793. The van der Waals surface area contributed by atoms with Crippen LogP contribution in [-0.4, -0.2) is 5.29 Å². The molecule has 0 fully saturated rings. The predicted molar refractivity (Wildman–Crippen MR) is 97.1 cm³/mol. The van der Waals surface area contributed by atoms with E-state index in [2.05, 4.69) is 12.1 Å². The van der Waals surface area contributed by atoms with Crippen molar-refractivity contribution >= 4 is 22.8 Å². The second-order valence-corrected chi connectivity index (χ2v) is 8.71. The van der Waals surface area contributed by atoms with Gasteiger partial charge in [0.1, 0.15) is 12.1 Å². The molecule has 0 unspecified atom stereocenters. The van der Waals surface area contributed by atoms with Gasteiger partial charge in [0.2, 0.25) is 0 Å². The minimum atomic E-state index is -2.37. The van der Waals surface area contributed by atoms with Crippen LogP contribution in [0.5, 0.6) is 0 Å². The van der Waals surface area contributed by atoms with E-state index < -0.39 is 6.89 Å². The fourth-order valence-corrected chi connectivity index (χ4v) is 7.02. The highest BCUT2D eigenvalue weighted by Gasteiger charge is 2.33.